The van der Waals surface area contributed by atoms with Gasteiger partial charge in [-0.15, -0.1) is 0 Å². The molecule has 0 aliphatic carbocycles. The first-order valence-corrected chi connectivity index (χ1v) is 8.73. The van der Waals surface area contributed by atoms with E-state index in [2.05, 4.69) is 0 Å². The van der Waals surface area contributed by atoms with Crippen LogP contribution >= 0.6 is 0 Å². The summed E-state index contributed by atoms with van der Waals surface area (Å²) in [4.78, 5) is 48.1. The molecule has 2 fully saturated rings. The number of likely N-dealkylation sites (tertiary alicyclic amines) is 2. The minimum atomic E-state index is -0.991. The molecule has 0 radical (unpaired) electrons. The third-order valence-corrected chi connectivity index (χ3v) is 4.81. The number of piperidine rings is 1. The van der Waals surface area contributed by atoms with Gasteiger partial charge in [-0.05, 0) is 25.0 Å². The topological polar surface area (TPSA) is 140 Å². The van der Waals surface area contributed by atoms with Crippen molar-refractivity contribution < 1.29 is 33.9 Å². The lowest BCUT2D eigenvalue weighted by Crippen LogP contribution is -2.47. The Bertz CT molecular complexity index is 773. The number of benzene rings is 1. The highest BCUT2D eigenvalue weighted by atomic mass is 16.7. The summed E-state index contributed by atoms with van der Waals surface area (Å²) < 4.78 is 10.2. The third-order valence-electron chi connectivity index (χ3n) is 4.81. The molecule has 2 aliphatic heterocycles. The molecule has 1 N–H and O–H groups in total. The van der Waals surface area contributed by atoms with Gasteiger partial charge in [0, 0.05) is 31.3 Å². The van der Waals surface area contributed by atoms with Crippen molar-refractivity contribution >= 4 is 23.8 Å². The molecule has 2 aliphatic rings. The van der Waals surface area contributed by atoms with Gasteiger partial charge in [-0.1, -0.05) is 0 Å². The molecule has 0 aromatic heterocycles. The Morgan fingerprint density at radius 2 is 1.82 bits per heavy atom. The first-order valence-electron chi connectivity index (χ1n) is 8.73. The number of non-ortho nitro benzene ring substituents is 1. The molecule has 0 saturated carbocycles. The normalized spacial score (nSPS) is 20.1. The smallest absolute Gasteiger partial charge is 0.465 e. The molecular formula is C17H19N3O8. The molecule has 150 valence electrons. The van der Waals surface area contributed by atoms with Crippen LogP contribution in [0.1, 0.15) is 19.3 Å². The first kappa shape index (κ1) is 19.4. The summed E-state index contributed by atoms with van der Waals surface area (Å²) in [5.41, 5.74) is -0.133. The van der Waals surface area contributed by atoms with Crippen molar-refractivity contribution in [1.82, 2.24) is 9.80 Å². The maximum Gasteiger partial charge on any atom is 0.514 e. The van der Waals surface area contributed by atoms with Crippen LogP contribution in [-0.2, 0) is 9.53 Å². The third kappa shape index (κ3) is 4.48. The molecule has 2 amide bonds. The Morgan fingerprint density at radius 3 is 2.39 bits per heavy atom. The van der Waals surface area contributed by atoms with Crippen LogP contribution in [0.2, 0.25) is 0 Å². The number of amides is 2. The second-order valence-electron chi connectivity index (χ2n) is 6.59. The molecular weight excluding hydrogens is 374 g/mol. The molecule has 11 nitrogen and oxygen atoms in total. The van der Waals surface area contributed by atoms with Gasteiger partial charge in [0.1, 0.15) is 11.9 Å². The lowest BCUT2D eigenvalue weighted by molar-refractivity contribution is -0.384. The summed E-state index contributed by atoms with van der Waals surface area (Å²) in [7, 11) is 0. The number of hydrogen-bond acceptors (Lipinski definition) is 7. The van der Waals surface area contributed by atoms with Gasteiger partial charge in [0.15, 0.2) is 0 Å². The molecule has 0 bridgehead atoms. The van der Waals surface area contributed by atoms with Gasteiger partial charge in [-0.2, -0.15) is 0 Å². The molecule has 0 spiro atoms. The van der Waals surface area contributed by atoms with Crippen LogP contribution in [0.5, 0.6) is 5.75 Å². The fraction of sp³-hybridized carbons (Fsp3) is 0.471. The van der Waals surface area contributed by atoms with Gasteiger partial charge < -0.3 is 24.4 Å². The molecule has 3 rings (SSSR count). The van der Waals surface area contributed by atoms with Crippen molar-refractivity contribution in [2.45, 2.75) is 31.4 Å². The van der Waals surface area contributed by atoms with Crippen molar-refractivity contribution in [3.63, 3.8) is 0 Å². The van der Waals surface area contributed by atoms with Crippen LogP contribution in [0.4, 0.5) is 15.3 Å². The van der Waals surface area contributed by atoms with Crippen LogP contribution in [0.15, 0.2) is 24.3 Å². The van der Waals surface area contributed by atoms with Crippen LogP contribution < -0.4 is 4.74 Å². The zero-order valence-electron chi connectivity index (χ0n) is 14.9. The van der Waals surface area contributed by atoms with Crippen molar-refractivity contribution in [3.05, 3.63) is 34.4 Å². The monoisotopic (exact) mass is 393 g/mol. The Kier molecular flexibility index (Phi) is 5.62. The van der Waals surface area contributed by atoms with Gasteiger partial charge in [0.05, 0.1) is 17.9 Å². The number of carboxylic acid groups (broad SMARTS) is 1. The SMILES string of the molecule is O=C(Oc1ccc([N+](=O)[O-])cc1)O[C@H]1CC(=O)N(C2CCN(C(=O)O)CC2)C1. The highest BCUT2D eigenvalue weighted by Crippen LogP contribution is 2.25. The molecule has 11 heteroatoms. The average Bonchev–Trinajstić information content (AvgIpc) is 3.02. The van der Waals surface area contributed by atoms with Gasteiger partial charge in [-0.25, -0.2) is 9.59 Å². The van der Waals surface area contributed by atoms with Crippen LogP contribution in [0.3, 0.4) is 0 Å². The Balaban J connectivity index is 1.49. The fourth-order valence-corrected chi connectivity index (χ4v) is 3.39. The van der Waals surface area contributed by atoms with Gasteiger partial charge >= 0.3 is 12.2 Å². The summed E-state index contributed by atoms with van der Waals surface area (Å²) in [6.07, 6.45) is -1.50. The molecule has 28 heavy (non-hydrogen) atoms. The quantitative estimate of drug-likeness (QED) is 0.354. The molecule has 1 atom stereocenters. The van der Waals surface area contributed by atoms with E-state index in [9.17, 15) is 24.5 Å². The predicted molar refractivity (Wildman–Crippen MR) is 92.9 cm³/mol. The minimum absolute atomic E-state index is 0.0362. The zero-order chi connectivity index (χ0) is 20.3. The van der Waals surface area contributed by atoms with Gasteiger partial charge in [0.25, 0.3) is 5.69 Å². The average molecular weight is 393 g/mol. The Hall–Kier alpha value is -3.37. The van der Waals surface area contributed by atoms with Crippen LogP contribution in [-0.4, -0.2) is 69.8 Å². The second kappa shape index (κ2) is 8.11. The van der Waals surface area contributed by atoms with E-state index in [1.54, 1.807) is 4.90 Å². The summed E-state index contributed by atoms with van der Waals surface area (Å²) in [5.74, 6) is -0.0558. The van der Waals surface area contributed by atoms with Gasteiger partial charge in [0.2, 0.25) is 5.91 Å². The molecule has 2 saturated heterocycles. The number of carbonyl (C=O) groups is 3. The number of hydrogen-bond donors (Lipinski definition) is 1. The number of rotatable bonds is 4. The Labute approximate surface area is 159 Å². The van der Waals surface area contributed by atoms with Gasteiger partial charge in [-0.3, -0.25) is 14.9 Å². The maximum absolute atomic E-state index is 12.2. The number of carbonyl (C=O) groups excluding carboxylic acids is 2. The molecule has 1 aromatic carbocycles. The lowest BCUT2D eigenvalue weighted by atomic mass is 10.0. The van der Waals surface area contributed by atoms with E-state index < -0.39 is 23.3 Å². The van der Waals surface area contributed by atoms with Crippen molar-refractivity contribution in [2.75, 3.05) is 19.6 Å². The van der Waals surface area contributed by atoms with E-state index in [4.69, 9.17) is 14.6 Å². The van der Waals surface area contributed by atoms with E-state index in [1.165, 1.54) is 29.2 Å². The number of ether oxygens (including phenoxy) is 2. The molecule has 2 heterocycles. The maximum atomic E-state index is 12.2. The minimum Gasteiger partial charge on any atom is -0.465 e. The highest BCUT2D eigenvalue weighted by Gasteiger charge is 2.38. The standard InChI is InChI=1S/C17H19N3O8/c21-15-9-14(10-19(15)11-5-7-18(8-6-11)16(22)23)28-17(24)27-13-3-1-12(2-4-13)20(25)26/h1-4,11,14H,5-10H2,(H,22,23)/t14-/m0/s1. The number of nitro groups is 1. The number of nitrogens with zero attached hydrogens (tertiary/aromatic N) is 3. The zero-order valence-corrected chi connectivity index (χ0v) is 14.9. The van der Waals surface area contributed by atoms with Crippen molar-refractivity contribution in [1.29, 1.82) is 0 Å². The Morgan fingerprint density at radius 1 is 1.18 bits per heavy atom. The summed E-state index contributed by atoms with van der Waals surface area (Å²) in [5, 5.41) is 19.6. The van der Waals surface area contributed by atoms with Crippen molar-refractivity contribution in [2.24, 2.45) is 0 Å². The van der Waals surface area contributed by atoms with E-state index in [0.29, 0.717) is 25.9 Å². The van der Waals surface area contributed by atoms with E-state index in [1.807, 2.05) is 0 Å². The highest BCUT2D eigenvalue weighted by molar-refractivity contribution is 5.80. The molecule has 1 aromatic rings. The lowest BCUT2D eigenvalue weighted by Gasteiger charge is -2.35. The largest absolute Gasteiger partial charge is 0.514 e. The summed E-state index contributed by atoms with van der Waals surface area (Å²) in [6.45, 7) is 0.945. The van der Waals surface area contributed by atoms with E-state index in [0.717, 1.165) is 0 Å². The summed E-state index contributed by atoms with van der Waals surface area (Å²) >= 11 is 0. The van der Waals surface area contributed by atoms with Crippen molar-refractivity contribution in [3.8, 4) is 5.75 Å². The first-order chi connectivity index (χ1) is 13.3. The fourth-order valence-electron chi connectivity index (χ4n) is 3.39. The predicted octanol–water partition coefficient (Wildman–Crippen LogP) is 1.85. The van der Waals surface area contributed by atoms with Crippen LogP contribution in [0, 0.1) is 10.1 Å². The second-order valence-corrected chi connectivity index (χ2v) is 6.59. The van der Waals surface area contributed by atoms with E-state index in [-0.39, 0.29) is 36.4 Å². The van der Waals surface area contributed by atoms with Crippen LogP contribution in [0.25, 0.3) is 0 Å². The summed E-state index contributed by atoms with van der Waals surface area (Å²) in [6, 6.07) is 4.88. The van der Waals surface area contributed by atoms with E-state index >= 15 is 0 Å². The number of nitro benzene ring substituents is 1. The molecule has 0 unspecified atom stereocenters.